The third-order valence-corrected chi connectivity index (χ3v) is 3.65. The fraction of sp³-hybridized carbons (Fsp3) is 0.923. The maximum Gasteiger partial charge on any atom is 0.222 e. The highest BCUT2D eigenvalue weighted by Gasteiger charge is 2.32. The van der Waals surface area contributed by atoms with E-state index in [1.165, 1.54) is 0 Å². The van der Waals surface area contributed by atoms with E-state index >= 15 is 0 Å². The Balaban J connectivity index is 2.62. The molecule has 0 bridgehead atoms. The Morgan fingerprint density at radius 3 is 2.72 bits per heavy atom. The summed E-state index contributed by atoms with van der Waals surface area (Å²) < 4.78 is 0. The van der Waals surface area contributed by atoms with Crippen LogP contribution in [0.1, 0.15) is 33.1 Å². The first-order chi connectivity index (χ1) is 8.62. The minimum absolute atomic E-state index is 0.0965. The lowest BCUT2D eigenvalue weighted by molar-refractivity contribution is -0.134. The van der Waals surface area contributed by atoms with Crippen LogP contribution < -0.4 is 5.32 Å². The van der Waals surface area contributed by atoms with Crippen molar-refractivity contribution in [3.05, 3.63) is 0 Å². The molecule has 0 aliphatic carbocycles. The van der Waals surface area contributed by atoms with Crippen LogP contribution in [0.3, 0.4) is 0 Å². The van der Waals surface area contributed by atoms with Gasteiger partial charge in [0, 0.05) is 38.0 Å². The maximum absolute atomic E-state index is 11.8. The molecule has 5 nitrogen and oxygen atoms in total. The summed E-state index contributed by atoms with van der Waals surface area (Å²) in [6.45, 7) is 5.78. The monoisotopic (exact) mass is 258 g/mol. The quantitative estimate of drug-likeness (QED) is 0.625. The predicted molar refractivity (Wildman–Crippen MR) is 70.2 cm³/mol. The van der Waals surface area contributed by atoms with Crippen molar-refractivity contribution in [2.75, 3.05) is 26.2 Å². The standard InChI is InChI=1S/C13H26N2O3/c1-3-12(17)10-7-11(14-5-6-16)9-15(8-10)13(18)4-2/h10-12,14,16-17H,3-9H2,1-2H3. The molecule has 0 aromatic heterocycles. The van der Waals surface area contributed by atoms with E-state index in [9.17, 15) is 9.90 Å². The summed E-state index contributed by atoms with van der Waals surface area (Å²) in [4.78, 5) is 13.6. The summed E-state index contributed by atoms with van der Waals surface area (Å²) in [7, 11) is 0. The van der Waals surface area contributed by atoms with Gasteiger partial charge in [0.15, 0.2) is 0 Å². The molecule has 0 aromatic rings. The van der Waals surface area contributed by atoms with E-state index in [1.54, 1.807) is 0 Å². The summed E-state index contributed by atoms with van der Waals surface area (Å²) in [6.07, 6.45) is 1.73. The number of hydrogen-bond acceptors (Lipinski definition) is 4. The second kappa shape index (κ2) is 7.71. The molecule has 0 saturated carbocycles. The summed E-state index contributed by atoms with van der Waals surface area (Å²) >= 11 is 0. The highest BCUT2D eigenvalue weighted by atomic mass is 16.3. The molecule has 5 heteroatoms. The third-order valence-electron chi connectivity index (χ3n) is 3.65. The fourth-order valence-electron chi connectivity index (χ4n) is 2.59. The highest BCUT2D eigenvalue weighted by molar-refractivity contribution is 5.76. The molecule has 0 radical (unpaired) electrons. The average molecular weight is 258 g/mol. The molecule has 106 valence electrons. The first-order valence-corrected chi connectivity index (χ1v) is 6.92. The van der Waals surface area contributed by atoms with Gasteiger partial charge >= 0.3 is 0 Å². The molecule has 1 aliphatic heterocycles. The molecule has 3 unspecified atom stereocenters. The van der Waals surface area contributed by atoms with E-state index in [0.29, 0.717) is 32.5 Å². The second-order valence-electron chi connectivity index (χ2n) is 5.00. The summed E-state index contributed by atoms with van der Waals surface area (Å²) in [6, 6.07) is 0.174. The first-order valence-electron chi connectivity index (χ1n) is 6.92. The molecule has 1 rings (SSSR count). The number of likely N-dealkylation sites (tertiary alicyclic amines) is 1. The normalized spacial score (nSPS) is 26.1. The van der Waals surface area contributed by atoms with Gasteiger partial charge in [0.1, 0.15) is 0 Å². The molecule has 0 spiro atoms. The molecule has 1 saturated heterocycles. The van der Waals surface area contributed by atoms with Gasteiger partial charge in [0.25, 0.3) is 0 Å². The van der Waals surface area contributed by atoms with Gasteiger partial charge in [-0.05, 0) is 12.8 Å². The van der Waals surface area contributed by atoms with E-state index in [2.05, 4.69) is 5.32 Å². The number of carbonyl (C=O) groups excluding carboxylic acids is 1. The molecule has 0 aromatic carbocycles. The number of nitrogens with one attached hydrogen (secondary N) is 1. The fourth-order valence-corrected chi connectivity index (χ4v) is 2.59. The Hall–Kier alpha value is -0.650. The number of nitrogens with zero attached hydrogens (tertiary/aromatic N) is 1. The van der Waals surface area contributed by atoms with Gasteiger partial charge in [-0.25, -0.2) is 0 Å². The summed E-state index contributed by atoms with van der Waals surface area (Å²) in [5.74, 6) is 0.272. The Morgan fingerprint density at radius 2 is 2.17 bits per heavy atom. The van der Waals surface area contributed by atoms with Crippen molar-refractivity contribution in [3.8, 4) is 0 Å². The lowest BCUT2D eigenvalue weighted by atomic mass is 9.88. The maximum atomic E-state index is 11.8. The van der Waals surface area contributed by atoms with Crippen LogP contribution in [-0.4, -0.2) is 59.4 Å². The summed E-state index contributed by atoms with van der Waals surface area (Å²) in [5, 5.41) is 22.1. The lowest BCUT2D eigenvalue weighted by Gasteiger charge is -2.39. The van der Waals surface area contributed by atoms with Crippen LogP contribution >= 0.6 is 0 Å². The van der Waals surface area contributed by atoms with Gasteiger partial charge in [0.2, 0.25) is 5.91 Å². The number of aliphatic hydroxyl groups excluding tert-OH is 2. The van der Waals surface area contributed by atoms with E-state index in [1.807, 2.05) is 18.7 Å². The molecule has 1 amide bonds. The third kappa shape index (κ3) is 4.23. The lowest BCUT2D eigenvalue weighted by Crippen LogP contribution is -2.53. The van der Waals surface area contributed by atoms with Crippen molar-refractivity contribution in [1.82, 2.24) is 10.2 Å². The van der Waals surface area contributed by atoms with Gasteiger partial charge in [-0.15, -0.1) is 0 Å². The molecular formula is C13H26N2O3. The molecule has 1 aliphatic rings. The van der Waals surface area contributed by atoms with Crippen molar-refractivity contribution in [3.63, 3.8) is 0 Å². The van der Waals surface area contributed by atoms with Gasteiger partial charge in [0.05, 0.1) is 12.7 Å². The van der Waals surface area contributed by atoms with Crippen molar-refractivity contribution in [2.45, 2.75) is 45.3 Å². The van der Waals surface area contributed by atoms with Crippen LogP contribution in [0.5, 0.6) is 0 Å². The minimum atomic E-state index is -0.351. The largest absolute Gasteiger partial charge is 0.395 e. The van der Waals surface area contributed by atoms with Gasteiger partial charge in [-0.2, -0.15) is 0 Å². The van der Waals surface area contributed by atoms with E-state index < -0.39 is 0 Å². The van der Waals surface area contributed by atoms with Crippen molar-refractivity contribution < 1.29 is 15.0 Å². The van der Waals surface area contributed by atoms with Crippen LogP contribution in [0.15, 0.2) is 0 Å². The number of hydrogen-bond donors (Lipinski definition) is 3. The Bertz CT molecular complexity index is 261. The van der Waals surface area contributed by atoms with Crippen LogP contribution in [0.25, 0.3) is 0 Å². The Labute approximate surface area is 109 Å². The zero-order valence-corrected chi connectivity index (χ0v) is 11.4. The summed E-state index contributed by atoms with van der Waals surface area (Å²) in [5.41, 5.74) is 0. The van der Waals surface area contributed by atoms with Crippen LogP contribution in [-0.2, 0) is 4.79 Å². The van der Waals surface area contributed by atoms with Crippen LogP contribution in [0, 0.1) is 5.92 Å². The Kier molecular flexibility index (Phi) is 6.60. The molecule has 1 fully saturated rings. The van der Waals surface area contributed by atoms with E-state index in [-0.39, 0.29) is 30.6 Å². The minimum Gasteiger partial charge on any atom is -0.395 e. The number of amides is 1. The van der Waals surface area contributed by atoms with Crippen LogP contribution in [0.2, 0.25) is 0 Å². The molecule has 3 N–H and O–H groups in total. The number of piperidine rings is 1. The van der Waals surface area contributed by atoms with Gasteiger partial charge in [-0.3, -0.25) is 4.79 Å². The number of carbonyl (C=O) groups is 1. The molecule has 1 heterocycles. The first kappa shape index (κ1) is 15.4. The number of aliphatic hydroxyl groups is 2. The van der Waals surface area contributed by atoms with Crippen molar-refractivity contribution in [2.24, 2.45) is 5.92 Å². The van der Waals surface area contributed by atoms with Crippen molar-refractivity contribution >= 4 is 5.91 Å². The smallest absolute Gasteiger partial charge is 0.222 e. The average Bonchev–Trinajstić information content (AvgIpc) is 2.42. The zero-order chi connectivity index (χ0) is 13.5. The second-order valence-corrected chi connectivity index (χ2v) is 5.00. The topological polar surface area (TPSA) is 72.8 Å². The predicted octanol–water partition coefficient (Wildman–Crippen LogP) is -0.0337. The SMILES string of the molecule is CCC(=O)N1CC(NCCO)CC(C(O)CC)C1. The van der Waals surface area contributed by atoms with Crippen LogP contribution in [0.4, 0.5) is 0 Å². The Morgan fingerprint density at radius 1 is 1.44 bits per heavy atom. The van der Waals surface area contributed by atoms with E-state index in [4.69, 9.17) is 5.11 Å². The molecule has 3 atom stereocenters. The van der Waals surface area contributed by atoms with Gasteiger partial charge < -0.3 is 20.4 Å². The van der Waals surface area contributed by atoms with Crippen molar-refractivity contribution in [1.29, 1.82) is 0 Å². The van der Waals surface area contributed by atoms with E-state index in [0.717, 1.165) is 6.42 Å². The molecule has 18 heavy (non-hydrogen) atoms. The number of rotatable bonds is 6. The van der Waals surface area contributed by atoms with Gasteiger partial charge in [-0.1, -0.05) is 13.8 Å². The molecular weight excluding hydrogens is 232 g/mol. The highest BCUT2D eigenvalue weighted by Crippen LogP contribution is 2.22. The zero-order valence-electron chi connectivity index (χ0n) is 11.4.